The fourth-order valence-corrected chi connectivity index (χ4v) is 16.5. The minimum Gasteiger partial charge on any atom is -0.478 e. The first-order valence-corrected chi connectivity index (χ1v) is 22.2. The van der Waals surface area contributed by atoms with E-state index in [-0.39, 0.29) is 0 Å². The summed E-state index contributed by atoms with van der Waals surface area (Å²) in [5.41, 5.74) is -0.775. The second kappa shape index (κ2) is 13.4. The van der Waals surface area contributed by atoms with E-state index in [1.54, 1.807) is 0 Å². The summed E-state index contributed by atoms with van der Waals surface area (Å²) in [4.78, 5) is 9.25. The predicted octanol–water partition coefficient (Wildman–Crippen LogP) is 3.42. The van der Waals surface area contributed by atoms with Crippen LogP contribution < -0.4 is 0 Å². The molecule has 0 amide bonds. The van der Waals surface area contributed by atoms with Gasteiger partial charge in [0.25, 0.3) is 0 Å². The SMILES string of the molecule is C=CC(=O)O.CCCOC(C(O)CO)[Si](O[Si](C)(C)C)(O[Si](C)(C)C)O[Si](C)(C)C. The second-order valence-electron chi connectivity index (χ2n) is 9.83. The number of carboxylic acid groups (broad SMARTS) is 1. The van der Waals surface area contributed by atoms with Gasteiger partial charge in [0, 0.05) is 12.7 Å². The predicted molar refractivity (Wildman–Crippen MR) is 130 cm³/mol. The maximum atomic E-state index is 10.5. The Morgan fingerprint density at radius 2 is 1.27 bits per heavy atom. The van der Waals surface area contributed by atoms with Crippen molar-refractivity contribution in [2.45, 2.75) is 84.1 Å². The number of carboxylic acids is 1. The van der Waals surface area contributed by atoms with Crippen molar-refractivity contribution in [1.29, 1.82) is 0 Å². The molecule has 2 atom stereocenters. The molecule has 0 saturated carbocycles. The zero-order valence-electron chi connectivity index (χ0n) is 20.4. The summed E-state index contributed by atoms with van der Waals surface area (Å²) in [6, 6.07) is 0. The van der Waals surface area contributed by atoms with Crippen LogP contribution in [0.3, 0.4) is 0 Å². The van der Waals surface area contributed by atoms with Gasteiger partial charge in [-0.3, -0.25) is 0 Å². The van der Waals surface area contributed by atoms with Gasteiger partial charge in [0.2, 0.25) is 0 Å². The molecule has 30 heavy (non-hydrogen) atoms. The molecule has 3 N–H and O–H groups in total. The van der Waals surface area contributed by atoms with Gasteiger partial charge in [-0.1, -0.05) is 13.5 Å². The van der Waals surface area contributed by atoms with E-state index < -0.39 is 58.2 Å². The van der Waals surface area contributed by atoms with Gasteiger partial charge < -0.3 is 32.4 Å². The molecule has 0 radical (unpaired) electrons. The van der Waals surface area contributed by atoms with Crippen LogP contribution in [0, 0.1) is 0 Å². The monoisotopic (exact) mass is 500 g/mol. The van der Waals surface area contributed by atoms with E-state index in [1.807, 2.05) is 6.92 Å². The summed E-state index contributed by atoms with van der Waals surface area (Å²) in [7, 11) is -9.61. The van der Waals surface area contributed by atoms with Crippen LogP contribution in [0.5, 0.6) is 0 Å². The highest BCUT2D eigenvalue weighted by molar-refractivity contribution is 6.90. The number of hydrogen-bond donors (Lipinski definition) is 3. The fraction of sp³-hybridized carbons (Fsp3) is 0.833. The van der Waals surface area contributed by atoms with E-state index in [1.165, 1.54) is 0 Å². The molecule has 0 aliphatic carbocycles. The average Bonchev–Trinajstić information content (AvgIpc) is 2.50. The lowest BCUT2D eigenvalue weighted by atomic mass is 10.4. The van der Waals surface area contributed by atoms with Crippen molar-refractivity contribution in [2.24, 2.45) is 0 Å². The Balaban J connectivity index is 0. The Morgan fingerprint density at radius 3 is 1.47 bits per heavy atom. The third kappa shape index (κ3) is 15.6. The van der Waals surface area contributed by atoms with Crippen molar-refractivity contribution in [3.05, 3.63) is 12.7 Å². The van der Waals surface area contributed by atoms with Gasteiger partial charge in [-0.05, 0) is 65.3 Å². The first kappa shape index (κ1) is 32.0. The zero-order valence-corrected chi connectivity index (χ0v) is 24.4. The molecule has 12 heteroatoms. The van der Waals surface area contributed by atoms with Crippen molar-refractivity contribution >= 4 is 39.7 Å². The van der Waals surface area contributed by atoms with Gasteiger partial charge in [0.1, 0.15) is 6.10 Å². The first-order valence-electron chi connectivity index (χ1n) is 10.2. The lowest BCUT2D eigenvalue weighted by molar-refractivity contribution is -0.131. The molecule has 0 aromatic carbocycles. The number of aliphatic hydroxyl groups is 2. The second-order valence-corrected chi connectivity index (χ2v) is 26.7. The standard InChI is InChI=1S/C15H40O6Si4.C3H4O2/c1-11-12-18-15(14(17)13-16)25(19-22(2,3)4,20-23(5,6)7)21-24(8,9)10;1-2-3(4)5/h14-17H,11-13H2,1-10H3;2H,1H2,(H,4,5). The van der Waals surface area contributed by atoms with Crippen LogP contribution in [0.2, 0.25) is 58.9 Å². The maximum Gasteiger partial charge on any atom is 0.502 e. The third-order valence-electron chi connectivity index (χ3n) is 2.91. The zero-order chi connectivity index (χ0) is 24.4. The van der Waals surface area contributed by atoms with Crippen LogP contribution in [0.4, 0.5) is 0 Å². The topological polar surface area (TPSA) is 115 Å². The molecule has 0 rings (SSSR count). The third-order valence-corrected chi connectivity index (χ3v) is 14.9. The van der Waals surface area contributed by atoms with Crippen molar-refractivity contribution < 1.29 is 37.2 Å². The number of aliphatic hydroxyl groups excluding tert-OH is 2. The highest BCUT2D eigenvalue weighted by atomic mass is 28.5. The minimum atomic E-state index is -3.40. The largest absolute Gasteiger partial charge is 0.502 e. The van der Waals surface area contributed by atoms with E-state index in [4.69, 9.17) is 22.2 Å². The first-order chi connectivity index (χ1) is 13.3. The summed E-state index contributed by atoms with van der Waals surface area (Å²) in [5.74, 6) is -0.981. The van der Waals surface area contributed by atoms with Crippen LogP contribution in [-0.4, -0.2) is 80.1 Å². The van der Waals surface area contributed by atoms with Gasteiger partial charge >= 0.3 is 14.8 Å². The van der Waals surface area contributed by atoms with E-state index in [0.717, 1.165) is 12.5 Å². The molecule has 0 aromatic heterocycles. The van der Waals surface area contributed by atoms with E-state index in [2.05, 4.69) is 65.5 Å². The van der Waals surface area contributed by atoms with Gasteiger partial charge in [-0.25, -0.2) is 4.79 Å². The van der Waals surface area contributed by atoms with E-state index in [9.17, 15) is 15.0 Å². The van der Waals surface area contributed by atoms with Gasteiger partial charge in [-0.2, -0.15) is 0 Å². The van der Waals surface area contributed by atoms with Crippen molar-refractivity contribution in [3.63, 3.8) is 0 Å². The summed E-state index contributed by atoms with van der Waals surface area (Å²) in [5, 5.41) is 27.8. The van der Waals surface area contributed by atoms with Crippen LogP contribution in [-0.2, 0) is 21.9 Å². The minimum absolute atomic E-state index is 0.414. The molecular weight excluding hydrogens is 457 g/mol. The van der Waals surface area contributed by atoms with Gasteiger partial charge in [-0.15, -0.1) is 0 Å². The molecule has 0 aliphatic rings. The van der Waals surface area contributed by atoms with Crippen LogP contribution in [0.15, 0.2) is 12.7 Å². The van der Waals surface area contributed by atoms with E-state index in [0.29, 0.717) is 6.61 Å². The molecule has 0 bridgehead atoms. The highest BCUT2D eigenvalue weighted by Gasteiger charge is 2.59. The van der Waals surface area contributed by atoms with Crippen molar-refractivity contribution in [1.82, 2.24) is 0 Å². The summed E-state index contributed by atoms with van der Waals surface area (Å²) in [6.45, 7) is 23.7. The Hall–Kier alpha value is -0.162. The summed E-state index contributed by atoms with van der Waals surface area (Å²) in [6.07, 6.45) is 0.536. The molecular formula is C18H44O8Si4. The Labute approximate surface area is 187 Å². The highest BCUT2D eigenvalue weighted by Crippen LogP contribution is 2.31. The molecule has 0 aromatic rings. The van der Waals surface area contributed by atoms with Crippen LogP contribution in [0.25, 0.3) is 0 Å². The normalized spacial score (nSPS) is 15.1. The van der Waals surface area contributed by atoms with Gasteiger partial charge in [0.15, 0.2) is 30.7 Å². The maximum absolute atomic E-state index is 10.5. The number of ether oxygens (including phenoxy) is 1. The Bertz CT molecular complexity index is 471. The molecule has 0 spiro atoms. The number of aliphatic carboxylic acids is 1. The number of carbonyl (C=O) groups is 1. The lowest BCUT2D eigenvalue weighted by Gasteiger charge is -2.46. The number of hydrogen-bond acceptors (Lipinski definition) is 7. The Kier molecular flexibility index (Phi) is 14.3. The van der Waals surface area contributed by atoms with Crippen molar-refractivity contribution in [3.8, 4) is 0 Å². The molecule has 8 nitrogen and oxygen atoms in total. The quantitative estimate of drug-likeness (QED) is 0.260. The van der Waals surface area contributed by atoms with Crippen molar-refractivity contribution in [2.75, 3.05) is 13.2 Å². The molecule has 0 heterocycles. The summed E-state index contributed by atoms with van der Waals surface area (Å²) >= 11 is 0. The molecule has 0 saturated heterocycles. The molecule has 2 unspecified atom stereocenters. The van der Waals surface area contributed by atoms with Crippen LogP contribution in [0.1, 0.15) is 13.3 Å². The fourth-order valence-electron chi connectivity index (χ4n) is 2.31. The van der Waals surface area contributed by atoms with Gasteiger partial charge in [0.05, 0.1) is 6.61 Å². The van der Waals surface area contributed by atoms with Crippen LogP contribution >= 0.6 is 0 Å². The smallest absolute Gasteiger partial charge is 0.478 e. The average molecular weight is 501 g/mol. The summed E-state index contributed by atoms with van der Waals surface area (Å²) < 4.78 is 25.7. The van der Waals surface area contributed by atoms with E-state index >= 15 is 0 Å². The lowest BCUT2D eigenvalue weighted by Crippen LogP contribution is -2.70. The number of rotatable bonds is 13. The molecule has 0 fully saturated rings. The molecule has 180 valence electrons. The Morgan fingerprint density at radius 1 is 0.933 bits per heavy atom. The molecule has 0 aliphatic heterocycles.